The van der Waals surface area contributed by atoms with Crippen molar-refractivity contribution in [3.05, 3.63) is 54.1 Å². The van der Waals surface area contributed by atoms with E-state index in [4.69, 9.17) is 4.74 Å². The van der Waals surface area contributed by atoms with Gasteiger partial charge in [0.1, 0.15) is 18.5 Å². The van der Waals surface area contributed by atoms with Crippen molar-refractivity contribution in [3.63, 3.8) is 0 Å². The summed E-state index contributed by atoms with van der Waals surface area (Å²) in [7, 11) is 0. The van der Waals surface area contributed by atoms with E-state index in [1.165, 1.54) is 25.3 Å². The topological polar surface area (TPSA) is 32.7 Å². The summed E-state index contributed by atoms with van der Waals surface area (Å²) in [6.07, 6.45) is -1.33. The van der Waals surface area contributed by atoms with E-state index >= 15 is 0 Å². The van der Waals surface area contributed by atoms with E-state index in [1.807, 2.05) is 0 Å². The molecule has 2 aromatic carbocycles. The first-order chi connectivity index (χ1) is 12.9. The lowest BCUT2D eigenvalue weighted by molar-refractivity contribution is -0.137. The minimum atomic E-state index is -4.36. The quantitative estimate of drug-likeness (QED) is 0.796. The van der Waals surface area contributed by atoms with Gasteiger partial charge in [-0.1, -0.05) is 30.7 Å². The summed E-state index contributed by atoms with van der Waals surface area (Å²) in [4.78, 5) is 2.24. The van der Waals surface area contributed by atoms with Gasteiger partial charge in [-0.05, 0) is 61.3 Å². The number of aliphatic hydroxyl groups is 1. The molecule has 27 heavy (non-hydrogen) atoms. The molecular weight excluding hydrogens is 355 g/mol. The molecule has 1 unspecified atom stereocenters. The third-order valence-electron chi connectivity index (χ3n) is 4.74. The summed E-state index contributed by atoms with van der Waals surface area (Å²) in [5.41, 5.74) is 0.519. The average molecular weight is 379 g/mol. The summed E-state index contributed by atoms with van der Waals surface area (Å²) in [6.45, 7) is 2.83. The van der Waals surface area contributed by atoms with E-state index in [1.54, 1.807) is 30.3 Å². The molecule has 1 N–H and O–H groups in total. The van der Waals surface area contributed by atoms with Crippen LogP contribution in [0, 0.1) is 0 Å². The normalized spacial score (nSPS) is 16.9. The molecule has 1 fully saturated rings. The third-order valence-corrected chi connectivity index (χ3v) is 4.74. The molecule has 1 atom stereocenters. The summed E-state index contributed by atoms with van der Waals surface area (Å²) in [6, 6.07) is 12.1. The molecule has 3 rings (SSSR count). The van der Waals surface area contributed by atoms with Crippen LogP contribution in [-0.4, -0.2) is 42.4 Å². The second-order valence-electron chi connectivity index (χ2n) is 6.93. The summed E-state index contributed by atoms with van der Waals surface area (Å²) in [5.74, 6) is 0.587. The number of halogens is 3. The predicted molar refractivity (Wildman–Crippen MR) is 98.7 cm³/mol. The van der Waals surface area contributed by atoms with Crippen molar-refractivity contribution in [3.8, 4) is 16.9 Å². The van der Waals surface area contributed by atoms with Crippen LogP contribution in [0.4, 0.5) is 13.2 Å². The van der Waals surface area contributed by atoms with Gasteiger partial charge in [0.15, 0.2) is 0 Å². The number of aliphatic hydroxyl groups excluding tert-OH is 1. The Morgan fingerprint density at radius 3 is 2.33 bits per heavy atom. The van der Waals surface area contributed by atoms with Gasteiger partial charge in [-0.2, -0.15) is 13.2 Å². The summed E-state index contributed by atoms with van der Waals surface area (Å²) < 4.78 is 44.2. The molecule has 0 aliphatic carbocycles. The molecule has 1 heterocycles. The standard InChI is InChI=1S/C21H24F3NO2/c22-21(23,24)18-6-4-5-17(13-18)16-7-9-20(10-8-16)27-15-19(26)14-25-11-2-1-3-12-25/h4-10,13,19,26H,1-3,11-12,14-15H2. The van der Waals surface area contributed by atoms with Crippen LogP contribution in [0.25, 0.3) is 11.1 Å². The predicted octanol–water partition coefficient (Wildman–Crippen LogP) is 4.60. The van der Waals surface area contributed by atoms with Crippen molar-refractivity contribution in [2.24, 2.45) is 0 Å². The van der Waals surface area contributed by atoms with Crippen LogP contribution in [-0.2, 0) is 6.18 Å². The van der Waals surface area contributed by atoms with Crippen molar-refractivity contribution in [2.45, 2.75) is 31.5 Å². The van der Waals surface area contributed by atoms with Crippen LogP contribution in [0.1, 0.15) is 24.8 Å². The number of piperidine rings is 1. The van der Waals surface area contributed by atoms with Crippen molar-refractivity contribution in [2.75, 3.05) is 26.2 Å². The van der Waals surface area contributed by atoms with Gasteiger partial charge in [0, 0.05) is 6.54 Å². The molecular formula is C21H24F3NO2. The van der Waals surface area contributed by atoms with Crippen LogP contribution in [0.5, 0.6) is 5.75 Å². The Bertz CT molecular complexity index is 725. The minimum Gasteiger partial charge on any atom is -0.491 e. The third kappa shape index (κ3) is 5.71. The summed E-state index contributed by atoms with van der Waals surface area (Å²) in [5, 5.41) is 10.1. The number of likely N-dealkylation sites (tertiary alicyclic amines) is 1. The molecule has 0 amide bonds. The van der Waals surface area contributed by atoms with E-state index in [2.05, 4.69) is 4.90 Å². The van der Waals surface area contributed by atoms with Crippen LogP contribution in [0.3, 0.4) is 0 Å². The Labute approximate surface area is 157 Å². The Kier molecular flexibility index (Phi) is 6.39. The van der Waals surface area contributed by atoms with Gasteiger partial charge in [0.2, 0.25) is 0 Å². The second-order valence-corrected chi connectivity index (χ2v) is 6.93. The van der Waals surface area contributed by atoms with Gasteiger partial charge >= 0.3 is 6.18 Å². The molecule has 1 saturated heterocycles. The number of nitrogens with zero attached hydrogens (tertiary/aromatic N) is 1. The Balaban J connectivity index is 1.56. The van der Waals surface area contributed by atoms with Crippen LogP contribution < -0.4 is 4.74 Å². The van der Waals surface area contributed by atoms with Crippen molar-refractivity contribution in [1.29, 1.82) is 0 Å². The van der Waals surface area contributed by atoms with E-state index < -0.39 is 17.8 Å². The molecule has 3 nitrogen and oxygen atoms in total. The number of hydrogen-bond donors (Lipinski definition) is 1. The first-order valence-corrected chi connectivity index (χ1v) is 9.23. The SMILES string of the molecule is OC(COc1ccc(-c2cccc(C(F)(F)F)c2)cc1)CN1CCCCC1. The Morgan fingerprint density at radius 1 is 0.963 bits per heavy atom. The highest BCUT2D eigenvalue weighted by atomic mass is 19.4. The van der Waals surface area contributed by atoms with E-state index in [0.717, 1.165) is 25.2 Å². The Hall–Kier alpha value is -2.05. The highest BCUT2D eigenvalue weighted by Gasteiger charge is 2.30. The molecule has 1 aliphatic heterocycles. The maximum Gasteiger partial charge on any atom is 0.416 e. The summed E-state index contributed by atoms with van der Waals surface area (Å²) >= 11 is 0. The lowest BCUT2D eigenvalue weighted by Crippen LogP contribution is -2.38. The number of alkyl halides is 3. The zero-order chi connectivity index (χ0) is 19.3. The molecule has 0 saturated carbocycles. The smallest absolute Gasteiger partial charge is 0.416 e. The molecule has 0 aromatic heterocycles. The van der Waals surface area contributed by atoms with Gasteiger partial charge in [0.25, 0.3) is 0 Å². The molecule has 146 valence electrons. The van der Waals surface area contributed by atoms with Gasteiger partial charge in [-0.15, -0.1) is 0 Å². The highest BCUT2D eigenvalue weighted by molar-refractivity contribution is 5.65. The van der Waals surface area contributed by atoms with Gasteiger partial charge < -0.3 is 14.7 Å². The maximum atomic E-state index is 12.8. The van der Waals surface area contributed by atoms with Crippen molar-refractivity contribution in [1.82, 2.24) is 4.90 Å². The molecule has 0 spiro atoms. The first kappa shape index (κ1) is 19.7. The zero-order valence-corrected chi connectivity index (χ0v) is 15.1. The highest BCUT2D eigenvalue weighted by Crippen LogP contribution is 2.32. The fourth-order valence-electron chi connectivity index (χ4n) is 3.30. The fraction of sp³-hybridized carbons (Fsp3) is 0.429. The molecule has 6 heteroatoms. The molecule has 2 aromatic rings. The van der Waals surface area contributed by atoms with E-state index in [9.17, 15) is 18.3 Å². The number of β-amino-alcohol motifs (C(OH)–C–C–N with tert-alkyl or cyclic N) is 1. The monoisotopic (exact) mass is 379 g/mol. The minimum absolute atomic E-state index is 0.194. The largest absolute Gasteiger partial charge is 0.491 e. The van der Waals surface area contributed by atoms with E-state index in [0.29, 0.717) is 23.4 Å². The fourth-order valence-corrected chi connectivity index (χ4v) is 3.30. The number of ether oxygens (including phenoxy) is 1. The number of hydrogen-bond acceptors (Lipinski definition) is 3. The average Bonchev–Trinajstić information content (AvgIpc) is 2.67. The van der Waals surface area contributed by atoms with Crippen molar-refractivity contribution >= 4 is 0 Å². The van der Waals surface area contributed by atoms with Crippen molar-refractivity contribution < 1.29 is 23.0 Å². The zero-order valence-electron chi connectivity index (χ0n) is 15.1. The van der Waals surface area contributed by atoms with Gasteiger partial charge in [-0.3, -0.25) is 0 Å². The molecule has 0 radical (unpaired) electrons. The number of rotatable bonds is 6. The maximum absolute atomic E-state index is 12.8. The molecule has 0 bridgehead atoms. The number of benzene rings is 2. The van der Waals surface area contributed by atoms with Gasteiger partial charge in [-0.25, -0.2) is 0 Å². The lowest BCUT2D eigenvalue weighted by Gasteiger charge is -2.28. The lowest BCUT2D eigenvalue weighted by atomic mass is 10.0. The second kappa shape index (κ2) is 8.76. The van der Waals surface area contributed by atoms with Crippen LogP contribution in [0.15, 0.2) is 48.5 Å². The van der Waals surface area contributed by atoms with Gasteiger partial charge in [0.05, 0.1) is 5.56 Å². The molecule has 1 aliphatic rings. The first-order valence-electron chi connectivity index (χ1n) is 9.23. The van der Waals surface area contributed by atoms with E-state index in [-0.39, 0.29) is 6.61 Å². The Morgan fingerprint density at radius 2 is 1.67 bits per heavy atom. The van der Waals surface area contributed by atoms with Crippen LogP contribution >= 0.6 is 0 Å². The van der Waals surface area contributed by atoms with Crippen LogP contribution in [0.2, 0.25) is 0 Å².